The average molecular weight is 162 g/mol. The molecule has 2 aromatic heterocycles. The Morgan fingerprint density at radius 1 is 0.917 bits per heavy atom. The zero-order valence-electron chi connectivity index (χ0n) is 6.28. The molecule has 0 spiro atoms. The van der Waals surface area contributed by atoms with Gasteiger partial charge >= 0.3 is 0 Å². The van der Waals surface area contributed by atoms with Crippen LogP contribution in [0.25, 0.3) is 0 Å². The molecule has 0 aromatic carbocycles. The van der Waals surface area contributed by atoms with Crippen LogP contribution in [-0.4, -0.2) is 10.3 Å². The first-order chi connectivity index (χ1) is 5.93. The van der Waals surface area contributed by atoms with Gasteiger partial charge in [-0.2, -0.15) is 0 Å². The zero-order chi connectivity index (χ0) is 7.97. The lowest BCUT2D eigenvalue weighted by Crippen LogP contribution is -2.04. The number of rotatable bonds is 0. The largest absolute Gasteiger partial charge is 0.364 e. The van der Waals surface area contributed by atoms with Crippen LogP contribution in [0.4, 0.5) is 0 Å². The van der Waals surface area contributed by atoms with Crippen LogP contribution < -0.4 is 0 Å². The highest BCUT2D eigenvalue weighted by Gasteiger charge is 2.20. The molecule has 0 bridgehead atoms. The number of nitrogens with zero attached hydrogens (tertiary/aromatic N) is 2. The molecule has 0 atom stereocenters. The molecule has 1 aliphatic rings. The molecule has 0 unspecified atom stereocenters. The SMILES string of the molecule is c1onc2c1Cc1conc1C2. The third-order valence-corrected chi connectivity index (χ3v) is 2.17. The van der Waals surface area contributed by atoms with Crippen LogP contribution in [0.3, 0.4) is 0 Å². The Hall–Kier alpha value is -1.58. The van der Waals surface area contributed by atoms with Gasteiger partial charge in [0, 0.05) is 24.0 Å². The third-order valence-electron chi connectivity index (χ3n) is 2.17. The Bertz CT molecular complexity index is 343. The summed E-state index contributed by atoms with van der Waals surface area (Å²) in [6.07, 6.45) is 4.94. The van der Waals surface area contributed by atoms with E-state index in [1.54, 1.807) is 12.5 Å². The van der Waals surface area contributed by atoms with E-state index in [1.807, 2.05) is 0 Å². The molecule has 1 aliphatic carbocycles. The Kier molecular flexibility index (Phi) is 0.983. The van der Waals surface area contributed by atoms with Gasteiger partial charge < -0.3 is 9.05 Å². The van der Waals surface area contributed by atoms with Gasteiger partial charge in [0.1, 0.15) is 12.5 Å². The van der Waals surface area contributed by atoms with Gasteiger partial charge in [0.05, 0.1) is 11.4 Å². The molecule has 0 N–H and O–H groups in total. The van der Waals surface area contributed by atoms with Crippen molar-refractivity contribution in [1.29, 1.82) is 0 Å². The Morgan fingerprint density at radius 2 is 1.50 bits per heavy atom. The van der Waals surface area contributed by atoms with Crippen molar-refractivity contribution < 1.29 is 9.05 Å². The van der Waals surface area contributed by atoms with Crippen LogP contribution in [0.15, 0.2) is 21.6 Å². The Balaban J connectivity index is 2.15. The molecule has 60 valence electrons. The van der Waals surface area contributed by atoms with Crippen molar-refractivity contribution in [2.75, 3.05) is 0 Å². The van der Waals surface area contributed by atoms with Crippen LogP contribution in [-0.2, 0) is 12.8 Å². The second-order valence-corrected chi connectivity index (χ2v) is 2.93. The van der Waals surface area contributed by atoms with E-state index in [9.17, 15) is 0 Å². The second-order valence-electron chi connectivity index (χ2n) is 2.93. The number of hydrogen-bond acceptors (Lipinski definition) is 4. The van der Waals surface area contributed by atoms with Crippen LogP contribution in [0.5, 0.6) is 0 Å². The molecule has 4 nitrogen and oxygen atoms in total. The first kappa shape index (κ1) is 5.99. The summed E-state index contributed by atoms with van der Waals surface area (Å²) in [5, 5.41) is 7.76. The zero-order valence-corrected chi connectivity index (χ0v) is 6.28. The van der Waals surface area contributed by atoms with Crippen LogP contribution in [0.1, 0.15) is 22.5 Å². The van der Waals surface area contributed by atoms with E-state index in [0.29, 0.717) is 0 Å². The number of fused-ring (bicyclic) bond motifs is 2. The summed E-state index contributed by atoms with van der Waals surface area (Å²) in [5.74, 6) is 0. The summed E-state index contributed by atoms with van der Waals surface area (Å²) in [6.45, 7) is 0. The summed E-state index contributed by atoms with van der Waals surface area (Å²) in [5.41, 5.74) is 4.25. The van der Waals surface area contributed by atoms with E-state index >= 15 is 0 Å². The number of hydrogen-bond donors (Lipinski definition) is 0. The van der Waals surface area contributed by atoms with E-state index in [1.165, 1.54) is 0 Å². The second kappa shape index (κ2) is 1.97. The lowest BCUT2D eigenvalue weighted by molar-refractivity contribution is 0.404. The lowest BCUT2D eigenvalue weighted by atomic mass is 9.97. The molecule has 0 saturated carbocycles. The molecule has 4 heteroatoms. The lowest BCUT2D eigenvalue weighted by Gasteiger charge is -2.05. The maximum absolute atomic E-state index is 4.86. The molecule has 0 amide bonds. The topological polar surface area (TPSA) is 52.1 Å². The first-order valence-corrected chi connectivity index (χ1v) is 3.78. The molecule has 2 aromatic rings. The standard InChI is InChI=1S/C8H6N2O2/c1-5-3-11-9-7(5)2-8-6(1)4-12-10-8/h3-4H,1-2H2. The maximum atomic E-state index is 4.86. The van der Waals surface area contributed by atoms with Crippen LogP contribution in [0, 0.1) is 0 Å². The minimum absolute atomic E-state index is 0.734. The monoisotopic (exact) mass is 162 g/mol. The van der Waals surface area contributed by atoms with Crippen molar-refractivity contribution in [3.8, 4) is 0 Å². The molecule has 0 aliphatic heterocycles. The van der Waals surface area contributed by atoms with Crippen molar-refractivity contribution in [2.45, 2.75) is 12.8 Å². The summed E-state index contributed by atoms with van der Waals surface area (Å²) < 4.78 is 9.72. The van der Waals surface area contributed by atoms with Crippen molar-refractivity contribution in [3.63, 3.8) is 0 Å². The van der Waals surface area contributed by atoms with Gasteiger partial charge in [0.25, 0.3) is 0 Å². The highest BCUT2D eigenvalue weighted by molar-refractivity contribution is 5.35. The minimum Gasteiger partial charge on any atom is -0.364 e. The fourth-order valence-electron chi connectivity index (χ4n) is 1.50. The van der Waals surface area contributed by atoms with E-state index in [2.05, 4.69) is 10.3 Å². The van der Waals surface area contributed by atoms with E-state index < -0.39 is 0 Å². The highest BCUT2D eigenvalue weighted by atomic mass is 16.5. The molecule has 3 rings (SSSR count). The molecule has 0 radical (unpaired) electrons. The van der Waals surface area contributed by atoms with Crippen LogP contribution >= 0.6 is 0 Å². The summed E-state index contributed by atoms with van der Waals surface area (Å²) in [4.78, 5) is 0. The van der Waals surface area contributed by atoms with Gasteiger partial charge in [-0.1, -0.05) is 10.3 Å². The maximum Gasteiger partial charge on any atom is 0.127 e. The van der Waals surface area contributed by atoms with Crippen molar-refractivity contribution in [3.05, 3.63) is 35.0 Å². The van der Waals surface area contributed by atoms with Gasteiger partial charge in [0.2, 0.25) is 0 Å². The van der Waals surface area contributed by atoms with Gasteiger partial charge in [-0.05, 0) is 0 Å². The van der Waals surface area contributed by atoms with Crippen molar-refractivity contribution >= 4 is 0 Å². The summed E-state index contributed by atoms with van der Waals surface area (Å²) in [7, 11) is 0. The third kappa shape index (κ3) is 0.664. The quantitative estimate of drug-likeness (QED) is 0.497. The van der Waals surface area contributed by atoms with Crippen molar-refractivity contribution in [1.82, 2.24) is 10.3 Å². The fourth-order valence-corrected chi connectivity index (χ4v) is 1.50. The molecule has 2 heterocycles. The molecule has 12 heavy (non-hydrogen) atoms. The average Bonchev–Trinajstić information content (AvgIpc) is 2.64. The molecular weight excluding hydrogens is 156 g/mol. The predicted molar refractivity (Wildman–Crippen MR) is 38.6 cm³/mol. The van der Waals surface area contributed by atoms with Crippen molar-refractivity contribution in [2.24, 2.45) is 0 Å². The molecule has 0 saturated heterocycles. The smallest absolute Gasteiger partial charge is 0.127 e. The highest BCUT2D eigenvalue weighted by Crippen LogP contribution is 2.24. The van der Waals surface area contributed by atoms with Gasteiger partial charge in [-0.25, -0.2) is 0 Å². The first-order valence-electron chi connectivity index (χ1n) is 3.78. The Morgan fingerprint density at radius 3 is 2.08 bits per heavy atom. The fraction of sp³-hybridized carbons (Fsp3) is 0.250. The van der Waals surface area contributed by atoms with E-state index in [-0.39, 0.29) is 0 Å². The summed E-state index contributed by atoms with van der Waals surface area (Å²) in [6, 6.07) is 0. The van der Waals surface area contributed by atoms with E-state index in [0.717, 1.165) is 35.4 Å². The Labute approximate surface area is 68.1 Å². The normalized spacial score (nSPS) is 14.0. The molecule has 0 fully saturated rings. The van der Waals surface area contributed by atoms with Gasteiger partial charge in [-0.3, -0.25) is 0 Å². The number of aromatic nitrogens is 2. The van der Waals surface area contributed by atoms with Gasteiger partial charge in [-0.15, -0.1) is 0 Å². The van der Waals surface area contributed by atoms with Gasteiger partial charge in [0.15, 0.2) is 0 Å². The molecular formula is C8H6N2O2. The van der Waals surface area contributed by atoms with E-state index in [4.69, 9.17) is 9.05 Å². The minimum atomic E-state index is 0.734. The predicted octanol–water partition coefficient (Wildman–Crippen LogP) is 1.16. The summed E-state index contributed by atoms with van der Waals surface area (Å²) >= 11 is 0. The van der Waals surface area contributed by atoms with Crippen LogP contribution in [0.2, 0.25) is 0 Å².